The van der Waals surface area contributed by atoms with Crippen LogP contribution in [0.1, 0.15) is 19.3 Å². The predicted octanol–water partition coefficient (Wildman–Crippen LogP) is 0.123. The highest BCUT2D eigenvalue weighted by molar-refractivity contribution is 7.86. The molecule has 1 heterocycles. The highest BCUT2D eigenvalue weighted by atomic mass is 32.2. The van der Waals surface area contributed by atoms with Crippen molar-refractivity contribution in [1.29, 1.82) is 5.26 Å². The van der Waals surface area contributed by atoms with Gasteiger partial charge in [-0.1, -0.05) is 0 Å². The summed E-state index contributed by atoms with van der Waals surface area (Å²) in [6.07, 6.45) is 1.16. The van der Waals surface area contributed by atoms with Gasteiger partial charge in [0, 0.05) is 18.9 Å². The van der Waals surface area contributed by atoms with Crippen LogP contribution in [0.4, 0.5) is 0 Å². The van der Waals surface area contributed by atoms with Crippen molar-refractivity contribution in [3.8, 4) is 6.07 Å². The molecule has 1 N–H and O–H groups in total. The first-order chi connectivity index (χ1) is 9.41. The average molecular weight is 301 g/mol. The molecule has 3 rings (SSSR count). The van der Waals surface area contributed by atoms with Crippen molar-refractivity contribution in [2.75, 3.05) is 6.61 Å². The van der Waals surface area contributed by atoms with Gasteiger partial charge in [0.15, 0.2) is 5.25 Å². The lowest BCUT2D eigenvalue weighted by molar-refractivity contribution is -0.147. The molecule has 0 aromatic rings. The van der Waals surface area contributed by atoms with Crippen LogP contribution in [-0.4, -0.2) is 43.0 Å². The van der Waals surface area contributed by atoms with Gasteiger partial charge in [0.2, 0.25) is 0 Å². The molecule has 3 aliphatic rings. The first-order valence-corrected chi connectivity index (χ1v) is 8.10. The second-order valence-corrected chi connectivity index (χ2v) is 7.26. The number of nitriles is 1. The van der Waals surface area contributed by atoms with E-state index in [0.717, 1.165) is 12.8 Å². The predicted molar refractivity (Wildman–Crippen MR) is 64.9 cm³/mol. The van der Waals surface area contributed by atoms with E-state index in [0.29, 0.717) is 0 Å². The fourth-order valence-corrected chi connectivity index (χ4v) is 4.25. The smallest absolute Gasteiger partial charge is 0.309 e. The maximum Gasteiger partial charge on any atom is 0.309 e. The SMILES string of the molecule is N#CC(CCOC1C2CC3C(=O)OC1C3C2)S(=O)(=O)O. The standard InChI is InChI=1S/C12H15NO6S/c13-5-7(20(15,16)17)1-2-18-10-6-3-8-9(4-6)12(14)19-11(8)10/h6-11H,1-4H2,(H,15,16,17). The lowest BCUT2D eigenvalue weighted by Crippen LogP contribution is -2.35. The Labute approximate surface area is 116 Å². The number of hydrogen-bond donors (Lipinski definition) is 1. The van der Waals surface area contributed by atoms with Crippen LogP contribution in [0, 0.1) is 29.1 Å². The van der Waals surface area contributed by atoms with Gasteiger partial charge in [-0.15, -0.1) is 0 Å². The quantitative estimate of drug-likeness (QED) is 0.566. The third-order valence-electron chi connectivity index (χ3n) is 4.61. The molecule has 6 atom stereocenters. The van der Waals surface area contributed by atoms with E-state index >= 15 is 0 Å². The van der Waals surface area contributed by atoms with Crippen molar-refractivity contribution in [2.24, 2.45) is 17.8 Å². The molecule has 7 nitrogen and oxygen atoms in total. The fraction of sp³-hybridized carbons (Fsp3) is 0.833. The molecular weight excluding hydrogens is 286 g/mol. The van der Waals surface area contributed by atoms with Crippen LogP contribution >= 0.6 is 0 Å². The second-order valence-electron chi connectivity index (χ2n) is 5.66. The first-order valence-electron chi connectivity index (χ1n) is 6.60. The van der Waals surface area contributed by atoms with Crippen molar-refractivity contribution in [2.45, 2.75) is 36.7 Å². The van der Waals surface area contributed by atoms with Gasteiger partial charge in [0.25, 0.3) is 10.1 Å². The number of rotatable bonds is 5. The van der Waals surface area contributed by atoms with Crippen LogP contribution in [0.2, 0.25) is 0 Å². The van der Waals surface area contributed by atoms with Gasteiger partial charge in [-0.05, 0) is 18.8 Å². The van der Waals surface area contributed by atoms with Gasteiger partial charge < -0.3 is 9.47 Å². The average Bonchev–Trinajstić information content (AvgIpc) is 2.96. The summed E-state index contributed by atoms with van der Waals surface area (Å²) < 4.78 is 41.6. The van der Waals surface area contributed by atoms with E-state index in [9.17, 15) is 13.2 Å². The van der Waals surface area contributed by atoms with Gasteiger partial charge in [-0.25, -0.2) is 0 Å². The summed E-state index contributed by atoms with van der Waals surface area (Å²) in [5.41, 5.74) is 0. The Balaban J connectivity index is 1.56. The summed E-state index contributed by atoms with van der Waals surface area (Å²) in [4.78, 5) is 11.6. The van der Waals surface area contributed by atoms with E-state index in [1.54, 1.807) is 0 Å². The van der Waals surface area contributed by atoms with Crippen molar-refractivity contribution in [1.82, 2.24) is 0 Å². The van der Waals surface area contributed by atoms with Crippen molar-refractivity contribution in [3.63, 3.8) is 0 Å². The molecule has 0 amide bonds. The summed E-state index contributed by atoms with van der Waals surface area (Å²) in [6.45, 7) is 0.0463. The monoisotopic (exact) mass is 301 g/mol. The maximum atomic E-state index is 11.6. The van der Waals surface area contributed by atoms with E-state index in [1.807, 2.05) is 0 Å². The number of esters is 1. The second kappa shape index (κ2) is 4.69. The molecule has 3 fully saturated rings. The maximum absolute atomic E-state index is 11.6. The molecule has 6 unspecified atom stereocenters. The topological polar surface area (TPSA) is 114 Å². The number of nitrogens with zero attached hydrogens (tertiary/aromatic N) is 1. The van der Waals surface area contributed by atoms with Crippen LogP contribution in [-0.2, 0) is 24.4 Å². The van der Waals surface area contributed by atoms with Crippen LogP contribution in [0.5, 0.6) is 0 Å². The Hall–Kier alpha value is -1.17. The van der Waals surface area contributed by atoms with E-state index in [2.05, 4.69) is 0 Å². The molecular formula is C12H15NO6S. The van der Waals surface area contributed by atoms with Crippen molar-refractivity contribution < 1.29 is 27.2 Å². The minimum absolute atomic E-state index is 0.00882. The zero-order valence-electron chi connectivity index (χ0n) is 10.6. The Bertz CT molecular complexity index is 567. The third-order valence-corrected chi connectivity index (χ3v) is 5.67. The Kier molecular flexibility index (Phi) is 3.23. The van der Waals surface area contributed by atoms with Crippen molar-refractivity contribution >= 4 is 16.1 Å². The number of ether oxygens (including phenoxy) is 2. The highest BCUT2D eigenvalue weighted by Crippen LogP contribution is 2.55. The summed E-state index contributed by atoms with van der Waals surface area (Å²) in [5.74, 6) is 0.356. The lowest BCUT2D eigenvalue weighted by atomic mass is 9.88. The molecule has 0 aromatic heterocycles. The molecule has 0 radical (unpaired) electrons. The highest BCUT2D eigenvalue weighted by Gasteiger charge is 2.62. The molecule has 2 saturated carbocycles. The number of fused-ring (bicyclic) bond motifs is 1. The zero-order valence-corrected chi connectivity index (χ0v) is 11.5. The largest absolute Gasteiger partial charge is 0.459 e. The third kappa shape index (κ3) is 2.10. The lowest BCUT2D eigenvalue weighted by Gasteiger charge is -2.25. The molecule has 1 aliphatic heterocycles. The fourth-order valence-electron chi connectivity index (χ4n) is 3.72. The summed E-state index contributed by atoms with van der Waals surface area (Å²) in [5, 5.41) is 7.21. The normalized spacial score (nSPS) is 39.6. The van der Waals surface area contributed by atoms with Gasteiger partial charge in [0.1, 0.15) is 6.10 Å². The summed E-state index contributed by atoms with van der Waals surface area (Å²) in [6, 6.07) is 1.54. The van der Waals surface area contributed by atoms with Crippen LogP contribution in [0.3, 0.4) is 0 Å². The summed E-state index contributed by atoms with van der Waals surface area (Å²) >= 11 is 0. The van der Waals surface area contributed by atoms with Gasteiger partial charge in [-0.2, -0.15) is 13.7 Å². The van der Waals surface area contributed by atoms with Crippen LogP contribution in [0.15, 0.2) is 0 Å². The summed E-state index contributed by atoms with van der Waals surface area (Å²) in [7, 11) is -4.37. The minimum atomic E-state index is -4.37. The Morgan fingerprint density at radius 2 is 2.25 bits per heavy atom. The van der Waals surface area contributed by atoms with E-state index in [1.165, 1.54) is 6.07 Å². The van der Waals surface area contributed by atoms with E-state index in [-0.39, 0.29) is 49.0 Å². The molecule has 20 heavy (non-hydrogen) atoms. The molecule has 2 aliphatic carbocycles. The van der Waals surface area contributed by atoms with E-state index < -0.39 is 15.4 Å². The Morgan fingerprint density at radius 3 is 2.90 bits per heavy atom. The van der Waals surface area contributed by atoms with E-state index in [4.69, 9.17) is 19.3 Å². The number of hydrogen-bond acceptors (Lipinski definition) is 6. The van der Waals surface area contributed by atoms with Crippen LogP contribution in [0.25, 0.3) is 0 Å². The molecule has 1 saturated heterocycles. The first kappa shape index (κ1) is 13.8. The molecule has 110 valence electrons. The zero-order chi connectivity index (χ0) is 14.5. The molecule has 0 aromatic carbocycles. The van der Waals surface area contributed by atoms with Crippen LogP contribution < -0.4 is 0 Å². The van der Waals surface area contributed by atoms with Gasteiger partial charge in [-0.3, -0.25) is 9.35 Å². The minimum Gasteiger partial charge on any atom is -0.459 e. The molecule has 2 bridgehead atoms. The van der Waals surface area contributed by atoms with Gasteiger partial charge >= 0.3 is 5.97 Å². The van der Waals surface area contributed by atoms with Crippen molar-refractivity contribution in [3.05, 3.63) is 0 Å². The number of carbonyl (C=O) groups excluding carboxylic acids is 1. The molecule has 8 heteroatoms. The van der Waals surface area contributed by atoms with Gasteiger partial charge in [0.05, 0.1) is 18.1 Å². The Morgan fingerprint density at radius 1 is 1.50 bits per heavy atom. The number of carbonyl (C=O) groups is 1. The molecule has 0 spiro atoms.